The lowest BCUT2D eigenvalue weighted by Crippen LogP contribution is -2.54. The predicted octanol–water partition coefficient (Wildman–Crippen LogP) is 4.26. The molecule has 6 heteroatoms. The highest BCUT2D eigenvalue weighted by Crippen LogP contribution is 2.24. The summed E-state index contributed by atoms with van der Waals surface area (Å²) in [5, 5.41) is 14.5. The van der Waals surface area contributed by atoms with Crippen LogP contribution in [0.25, 0.3) is 11.1 Å². The number of carboxylic acids is 1. The maximum atomic E-state index is 13.8. The van der Waals surface area contributed by atoms with Crippen molar-refractivity contribution in [3.05, 3.63) is 54.3 Å². The number of carbonyl (C=O) groups excluding carboxylic acids is 1. The van der Waals surface area contributed by atoms with Gasteiger partial charge in [-0.2, -0.15) is 0 Å². The van der Waals surface area contributed by atoms with E-state index in [1.165, 1.54) is 6.07 Å². The second kappa shape index (κ2) is 7.79. The number of carbonyl (C=O) groups is 2. The normalized spacial score (nSPS) is 11.0. The summed E-state index contributed by atoms with van der Waals surface area (Å²) in [5.41, 5.74) is 0.354. The first-order valence-corrected chi connectivity index (χ1v) is 8.09. The maximum absolute atomic E-state index is 13.8. The summed E-state index contributed by atoms with van der Waals surface area (Å²) in [6.07, 6.45) is 0.553. The number of anilines is 1. The van der Waals surface area contributed by atoms with Crippen LogP contribution >= 0.6 is 0 Å². The van der Waals surface area contributed by atoms with Crippen LogP contribution in [0, 0.1) is 5.82 Å². The number of benzene rings is 2. The molecular formula is C19H21FN2O3. The maximum Gasteiger partial charge on any atom is 0.329 e. The van der Waals surface area contributed by atoms with Crippen molar-refractivity contribution in [1.29, 1.82) is 0 Å². The topological polar surface area (TPSA) is 78.4 Å². The third-order valence-corrected chi connectivity index (χ3v) is 4.30. The fourth-order valence-electron chi connectivity index (χ4n) is 2.59. The molecule has 0 saturated heterocycles. The molecule has 0 bridgehead atoms. The van der Waals surface area contributed by atoms with E-state index in [0.717, 1.165) is 0 Å². The Balaban J connectivity index is 2.10. The second-order valence-corrected chi connectivity index (χ2v) is 5.73. The minimum absolute atomic E-state index is 0.276. The first-order chi connectivity index (χ1) is 11.9. The molecule has 0 aliphatic rings. The van der Waals surface area contributed by atoms with Gasteiger partial charge in [0, 0.05) is 11.3 Å². The Kier molecular flexibility index (Phi) is 5.75. The van der Waals surface area contributed by atoms with E-state index >= 15 is 0 Å². The molecule has 0 radical (unpaired) electrons. The van der Waals surface area contributed by atoms with Crippen molar-refractivity contribution in [3.8, 4) is 11.1 Å². The van der Waals surface area contributed by atoms with Gasteiger partial charge in [-0.3, -0.25) is 0 Å². The van der Waals surface area contributed by atoms with Gasteiger partial charge in [-0.05, 0) is 36.6 Å². The van der Waals surface area contributed by atoms with Crippen molar-refractivity contribution in [3.63, 3.8) is 0 Å². The highest BCUT2D eigenvalue weighted by atomic mass is 19.1. The molecular weight excluding hydrogens is 323 g/mol. The fraction of sp³-hybridized carbons (Fsp3) is 0.263. The largest absolute Gasteiger partial charge is 0.480 e. The highest BCUT2D eigenvalue weighted by Gasteiger charge is 2.36. The van der Waals surface area contributed by atoms with Gasteiger partial charge in [-0.15, -0.1) is 0 Å². The average molecular weight is 344 g/mol. The van der Waals surface area contributed by atoms with E-state index in [-0.39, 0.29) is 18.7 Å². The van der Waals surface area contributed by atoms with Gasteiger partial charge in [0.1, 0.15) is 11.4 Å². The summed E-state index contributed by atoms with van der Waals surface area (Å²) in [7, 11) is 0. The smallest absolute Gasteiger partial charge is 0.329 e. The molecule has 0 fully saturated rings. The van der Waals surface area contributed by atoms with Crippen molar-refractivity contribution in [2.45, 2.75) is 32.2 Å². The first kappa shape index (κ1) is 18.4. The minimum Gasteiger partial charge on any atom is -0.480 e. The van der Waals surface area contributed by atoms with Crippen LogP contribution in [0.2, 0.25) is 0 Å². The molecule has 0 heterocycles. The molecule has 0 unspecified atom stereocenters. The summed E-state index contributed by atoms with van der Waals surface area (Å²) >= 11 is 0. The zero-order chi connectivity index (χ0) is 18.4. The molecule has 0 saturated carbocycles. The lowest BCUT2D eigenvalue weighted by molar-refractivity contribution is -0.144. The van der Waals surface area contributed by atoms with Crippen LogP contribution in [0.4, 0.5) is 14.9 Å². The van der Waals surface area contributed by atoms with Crippen LogP contribution in [0.1, 0.15) is 26.7 Å². The Bertz CT molecular complexity index is 756. The molecule has 25 heavy (non-hydrogen) atoms. The molecule has 0 spiro atoms. The summed E-state index contributed by atoms with van der Waals surface area (Å²) in [5.74, 6) is -1.39. The predicted molar refractivity (Wildman–Crippen MR) is 94.9 cm³/mol. The van der Waals surface area contributed by atoms with Gasteiger partial charge in [0.05, 0.1) is 0 Å². The van der Waals surface area contributed by atoms with E-state index in [1.807, 2.05) is 0 Å². The van der Waals surface area contributed by atoms with Gasteiger partial charge >= 0.3 is 12.0 Å². The Labute approximate surface area is 145 Å². The molecule has 132 valence electrons. The van der Waals surface area contributed by atoms with E-state index in [4.69, 9.17) is 0 Å². The van der Waals surface area contributed by atoms with E-state index in [2.05, 4.69) is 10.6 Å². The zero-order valence-electron chi connectivity index (χ0n) is 14.2. The molecule has 0 atom stereocenters. The van der Waals surface area contributed by atoms with Crippen LogP contribution in [-0.2, 0) is 4.79 Å². The Morgan fingerprint density at radius 2 is 1.64 bits per heavy atom. The van der Waals surface area contributed by atoms with Crippen LogP contribution in [-0.4, -0.2) is 22.6 Å². The van der Waals surface area contributed by atoms with Crippen molar-refractivity contribution >= 4 is 17.7 Å². The number of aliphatic carboxylic acids is 1. The van der Waals surface area contributed by atoms with Gasteiger partial charge in [0.25, 0.3) is 0 Å². The van der Waals surface area contributed by atoms with Crippen LogP contribution in [0.3, 0.4) is 0 Å². The number of rotatable bonds is 6. The van der Waals surface area contributed by atoms with Crippen molar-refractivity contribution < 1.29 is 19.1 Å². The molecule has 0 aromatic heterocycles. The number of urea groups is 1. The monoisotopic (exact) mass is 344 g/mol. The van der Waals surface area contributed by atoms with E-state index in [9.17, 15) is 19.1 Å². The molecule has 3 N–H and O–H groups in total. The minimum atomic E-state index is -1.29. The van der Waals surface area contributed by atoms with E-state index in [0.29, 0.717) is 16.8 Å². The first-order valence-electron chi connectivity index (χ1n) is 8.09. The van der Waals surface area contributed by atoms with E-state index < -0.39 is 17.5 Å². The number of halogens is 1. The highest BCUT2D eigenvalue weighted by molar-refractivity contribution is 5.94. The molecule has 5 nitrogen and oxygen atoms in total. The molecule has 0 aliphatic heterocycles. The van der Waals surface area contributed by atoms with Gasteiger partial charge in [-0.1, -0.05) is 44.2 Å². The van der Waals surface area contributed by atoms with Crippen LogP contribution < -0.4 is 10.6 Å². The van der Waals surface area contributed by atoms with Crippen molar-refractivity contribution in [2.75, 3.05) is 5.32 Å². The van der Waals surface area contributed by atoms with Gasteiger partial charge in [-0.25, -0.2) is 14.0 Å². The van der Waals surface area contributed by atoms with Crippen LogP contribution in [0.5, 0.6) is 0 Å². The summed E-state index contributed by atoms with van der Waals surface area (Å²) in [6.45, 7) is 3.42. The van der Waals surface area contributed by atoms with E-state index in [1.54, 1.807) is 56.3 Å². The number of amides is 2. The van der Waals surface area contributed by atoms with Gasteiger partial charge < -0.3 is 15.7 Å². The lowest BCUT2D eigenvalue weighted by Gasteiger charge is -2.28. The summed E-state index contributed by atoms with van der Waals surface area (Å²) in [6, 6.07) is 12.5. The lowest BCUT2D eigenvalue weighted by atomic mass is 9.93. The van der Waals surface area contributed by atoms with Gasteiger partial charge in [0.15, 0.2) is 0 Å². The molecule has 2 aromatic carbocycles. The second-order valence-electron chi connectivity index (χ2n) is 5.73. The van der Waals surface area contributed by atoms with Crippen molar-refractivity contribution in [2.24, 2.45) is 0 Å². The Hall–Kier alpha value is -2.89. The number of hydrogen-bond donors (Lipinski definition) is 3. The Morgan fingerprint density at radius 3 is 2.16 bits per heavy atom. The molecule has 2 amide bonds. The number of hydrogen-bond acceptors (Lipinski definition) is 2. The average Bonchev–Trinajstić information content (AvgIpc) is 2.61. The SMILES string of the molecule is CCC(CC)(NC(=O)Nc1ccc(-c2ccccc2F)cc1)C(=O)O. The zero-order valence-corrected chi connectivity index (χ0v) is 14.2. The summed E-state index contributed by atoms with van der Waals surface area (Å²) < 4.78 is 13.8. The third kappa shape index (κ3) is 4.15. The standard InChI is InChI=1S/C19H21FN2O3/c1-3-19(4-2,17(23)24)22-18(25)21-14-11-9-13(10-12-14)15-7-5-6-8-16(15)20/h5-12H,3-4H2,1-2H3,(H,23,24)(H2,21,22,25). The Morgan fingerprint density at radius 1 is 1.04 bits per heavy atom. The number of nitrogens with one attached hydrogen (secondary N) is 2. The fourth-order valence-corrected chi connectivity index (χ4v) is 2.59. The van der Waals surface area contributed by atoms with Crippen molar-refractivity contribution in [1.82, 2.24) is 5.32 Å². The quantitative estimate of drug-likeness (QED) is 0.733. The van der Waals surface area contributed by atoms with Crippen LogP contribution in [0.15, 0.2) is 48.5 Å². The summed E-state index contributed by atoms with van der Waals surface area (Å²) in [4.78, 5) is 23.5. The number of carboxylic acid groups (broad SMARTS) is 1. The molecule has 2 aromatic rings. The third-order valence-electron chi connectivity index (χ3n) is 4.30. The molecule has 0 aliphatic carbocycles. The van der Waals surface area contributed by atoms with Gasteiger partial charge in [0.2, 0.25) is 0 Å². The molecule has 2 rings (SSSR count).